The van der Waals surface area contributed by atoms with E-state index in [0.29, 0.717) is 0 Å². The van der Waals surface area contributed by atoms with E-state index in [1.165, 1.54) is 77.0 Å². The number of allylic oxidation sites excluding steroid dienone is 4. The fraction of sp³-hybridized carbons (Fsp3) is 0.800. The highest BCUT2D eigenvalue weighted by Crippen LogP contribution is 2.30. The molecule has 20 heavy (non-hydrogen) atoms. The van der Waals surface area contributed by atoms with Crippen LogP contribution < -0.4 is 0 Å². The average molecular weight is 277 g/mol. The van der Waals surface area contributed by atoms with E-state index in [1.807, 2.05) is 0 Å². The Balaban J connectivity index is 2.03. The highest BCUT2D eigenvalue weighted by molar-refractivity contribution is 4.96. The lowest BCUT2D eigenvalue weighted by molar-refractivity contribution is 0.355. The van der Waals surface area contributed by atoms with Crippen LogP contribution in [0.15, 0.2) is 24.3 Å². The summed E-state index contributed by atoms with van der Waals surface area (Å²) in [5.41, 5.74) is 0. The first-order valence-electron chi connectivity index (χ1n) is 9.20. The lowest BCUT2D eigenvalue weighted by atomic mass is 9.81. The zero-order valence-corrected chi connectivity index (χ0v) is 13.9. The molecule has 1 rings (SSSR count). The first kappa shape index (κ1) is 17.5. The molecule has 0 unspecified atom stereocenters. The molecule has 0 atom stereocenters. The van der Waals surface area contributed by atoms with E-state index in [4.69, 9.17) is 0 Å². The van der Waals surface area contributed by atoms with E-state index < -0.39 is 0 Å². The molecule has 0 heterocycles. The van der Waals surface area contributed by atoms with Gasteiger partial charge in [-0.25, -0.2) is 0 Å². The van der Waals surface area contributed by atoms with E-state index in [1.54, 1.807) is 0 Å². The van der Waals surface area contributed by atoms with Gasteiger partial charge in [-0.05, 0) is 56.8 Å². The summed E-state index contributed by atoms with van der Waals surface area (Å²) in [6.07, 6.45) is 26.4. The number of hydrogen-bond acceptors (Lipinski definition) is 0. The standard InChI is InChI=1S/C20H36/c1-3-5-7-8-9-10-12-14-20-17-15-19(16-18-20)13-11-6-4-2/h11-14,19-20H,3-10,15-18H2,1-2H3. The van der Waals surface area contributed by atoms with Gasteiger partial charge in [0.15, 0.2) is 0 Å². The number of unbranched alkanes of at least 4 members (excludes halogenated alkanes) is 6. The quantitative estimate of drug-likeness (QED) is 0.296. The van der Waals surface area contributed by atoms with Gasteiger partial charge in [-0.3, -0.25) is 0 Å². The lowest BCUT2D eigenvalue weighted by Gasteiger charge is -2.24. The van der Waals surface area contributed by atoms with Crippen molar-refractivity contribution < 1.29 is 0 Å². The summed E-state index contributed by atoms with van der Waals surface area (Å²) >= 11 is 0. The van der Waals surface area contributed by atoms with E-state index in [-0.39, 0.29) is 0 Å². The summed E-state index contributed by atoms with van der Waals surface area (Å²) < 4.78 is 0. The van der Waals surface area contributed by atoms with Crippen LogP contribution in [0.3, 0.4) is 0 Å². The molecule has 0 radical (unpaired) electrons. The predicted octanol–water partition coefficient (Wildman–Crippen LogP) is 7.07. The van der Waals surface area contributed by atoms with Gasteiger partial charge in [-0.15, -0.1) is 0 Å². The molecule has 0 bridgehead atoms. The first-order chi connectivity index (χ1) is 9.86. The smallest absolute Gasteiger partial charge is 0.0233 e. The van der Waals surface area contributed by atoms with Gasteiger partial charge in [-0.1, -0.05) is 70.3 Å². The normalized spacial score (nSPS) is 23.9. The maximum absolute atomic E-state index is 2.52. The molecule has 0 aliphatic heterocycles. The summed E-state index contributed by atoms with van der Waals surface area (Å²) in [7, 11) is 0. The molecular formula is C20H36. The molecular weight excluding hydrogens is 240 g/mol. The van der Waals surface area contributed by atoms with Crippen LogP contribution in [0.5, 0.6) is 0 Å². The van der Waals surface area contributed by atoms with Gasteiger partial charge in [0.05, 0.1) is 0 Å². The van der Waals surface area contributed by atoms with E-state index in [9.17, 15) is 0 Å². The molecule has 1 aliphatic rings. The van der Waals surface area contributed by atoms with Crippen molar-refractivity contribution in [3.05, 3.63) is 24.3 Å². The molecule has 0 saturated heterocycles. The van der Waals surface area contributed by atoms with Crippen LogP contribution in [0.2, 0.25) is 0 Å². The van der Waals surface area contributed by atoms with Gasteiger partial charge in [0.2, 0.25) is 0 Å². The van der Waals surface area contributed by atoms with Crippen LogP contribution in [0.1, 0.15) is 90.9 Å². The maximum Gasteiger partial charge on any atom is -0.0233 e. The topological polar surface area (TPSA) is 0 Å². The first-order valence-corrected chi connectivity index (χ1v) is 9.20. The van der Waals surface area contributed by atoms with Crippen LogP contribution in [0.4, 0.5) is 0 Å². The van der Waals surface area contributed by atoms with Crippen LogP contribution in [-0.4, -0.2) is 0 Å². The zero-order valence-electron chi connectivity index (χ0n) is 13.9. The molecule has 0 N–H and O–H groups in total. The number of hydrogen-bond donors (Lipinski definition) is 0. The second-order valence-corrected chi connectivity index (χ2v) is 6.52. The Bertz CT molecular complexity index is 253. The van der Waals surface area contributed by atoms with Crippen LogP contribution >= 0.6 is 0 Å². The monoisotopic (exact) mass is 276 g/mol. The zero-order chi connectivity index (χ0) is 14.5. The Labute approximate surface area is 127 Å². The minimum absolute atomic E-state index is 0.875. The highest BCUT2D eigenvalue weighted by atomic mass is 14.2. The molecule has 0 aromatic rings. The van der Waals surface area contributed by atoms with Gasteiger partial charge in [0.1, 0.15) is 0 Å². The van der Waals surface area contributed by atoms with Crippen LogP contribution in [-0.2, 0) is 0 Å². The minimum Gasteiger partial charge on any atom is -0.0883 e. The van der Waals surface area contributed by atoms with Crippen molar-refractivity contribution in [1.82, 2.24) is 0 Å². The van der Waals surface area contributed by atoms with Gasteiger partial charge < -0.3 is 0 Å². The lowest BCUT2D eigenvalue weighted by Crippen LogP contribution is -2.11. The van der Waals surface area contributed by atoms with Gasteiger partial charge in [0.25, 0.3) is 0 Å². The Morgan fingerprint density at radius 1 is 0.650 bits per heavy atom. The van der Waals surface area contributed by atoms with E-state index in [0.717, 1.165) is 11.8 Å². The maximum atomic E-state index is 2.52. The Morgan fingerprint density at radius 3 is 1.75 bits per heavy atom. The molecule has 1 aliphatic carbocycles. The summed E-state index contributed by atoms with van der Waals surface area (Å²) in [4.78, 5) is 0. The average Bonchev–Trinajstić information content (AvgIpc) is 2.48. The second kappa shape index (κ2) is 12.2. The summed E-state index contributed by atoms with van der Waals surface area (Å²) in [5.74, 6) is 1.75. The molecule has 0 heteroatoms. The summed E-state index contributed by atoms with van der Waals surface area (Å²) in [5, 5.41) is 0. The van der Waals surface area contributed by atoms with Gasteiger partial charge in [-0.2, -0.15) is 0 Å². The third kappa shape index (κ3) is 8.61. The molecule has 0 amide bonds. The SMILES string of the molecule is CCCC=CC1CCC(C=CCCCCCCC)CC1. The highest BCUT2D eigenvalue weighted by Gasteiger charge is 2.16. The van der Waals surface area contributed by atoms with Crippen LogP contribution in [0.25, 0.3) is 0 Å². The molecule has 0 aromatic carbocycles. The van der Waals surface area contributed by atoms with E-state index in [2.05, 4.69) is 38.2 Å². The van der Waals surface area contributed by atoms with Gasteiger partial charge in [0, 0.05) is 0 Å². The minimum atomic E-state index is 0.875. The molecule has 0 spiro atoms. The third-order valence-corrected chi connectivity index (χ3v) is 4.56. The predicted molar refractivity (Wildman–Crippen MR) is 92.0 cm³/mol. The largest absolute Gasteiger partial charge is 0.0883 e. The Morgan fingerprint density at radius 2 is 1.20 bits per heavy atom. The Kier molecular flexibility index (Phi) is 10.7. The van der Waals surface area contributed by atoms with Crippen molar-refractivity contribution in [3.8, 4) is 0 Å². The summed E-state index contributed by atoms with van der Waals surface area (Å²) in [6.45, 7) is 4.54. The molecule has 0 nitrogen and oxygen atoms in total. The van der Waals surface area contributed by atoms with Gasteiger partial charge >= 0.3 is 0 Å². The molecule has 116 valence electrons. The van der Waals surface area contributed by atoms with Crippen molar-refractivity contribution in [1.29, 1.82) is 0 Å². The Hall–Kier alpha value is -0.520. The van der Waals surface area contributed by atoms with Crippen molar-refractivity contribution >= 4 is 0 Å². The van der Waals surface area contributed by atoms with Crippen molar-refractivity contribution in [2.24, 2.45) is 11.8 Å². The second-order valence-electron chi connectivity index (χ2n) is 6.52. The van der Waals surface area contributed by atoms with Crippen molar-refractivity contribution in [3.63, 3.8) is 0 Å². The fourth-order valence-electron chi connectivity index (χ4n) is 3.14. The molecule has 0 aromatic heterocycles. The summed E-state index contributed by atoms with van der Waals surface area (Å²) in [6, 6.07) is 0. The van der Waals surface area contributed by atoms with Crippen LogP contribution in [0, 0.1) is 11.8 Å². The third-order valence-electron chi connectivity index (χ3n) is 4.56. The van der Waals surface area contributed by atoms with E-state index >= 15 is 0 Å². The van der Waals surface area contributed by atoms with Crippen molar-refractivity contribution in [2.75, 3.05) is 0 Å². The molecule has 1 fully saturated rings. The fourth-order valence-corrected chi connectivity index (χ4v) is 3.14. The number of rotatable bonds is 10. The van der Waals surface area contributed by atoms with Crippen molar-refractivity contribution in [2.45, 2.75) is 90.9 Å². The molecule has 1 saturated carbocycles.